The van der Waals surface area contributed by atoms with Gasteiger partial charge in [-0.1, -0.05) is 0 Å². The van der Waals surface area contributed by atoms with Crippen LogP contribution < -0.4 is 5.32 Å². The average Bonchev–Trinajstić information content (AvgIpc) is 3.69. The Kier molecular flexibility index (Phi) is 5.01. The zero-order valence-electron chi connectivity index (χ0n) is 17.5. The number of piperazine rings is 1. The molecule has 2 heterocycles. The highest BCUT2D eigenvalue weighted by Crippen LogP contribution is 2.54. The highest BCUT2D eigenvalue weighted by Gasteiger charge is 2.65. The molecule has 2 aliphatic carbocycles. The van der Waals surface area contributed by atoms with E-state index in [4.69, 9.17) is 0 Å². The number of rotatable bonds is 6. The predicted octanol–water partition coefficient (Wildman–Crippen LogP) is 0.769. The number of halogens is 1. The molecule has 0 spiro atoms. The van der Waals surface area contributed by atoms with Crippen molar-refractivity contribution in [2.24, 2.45) is 11.8 Å². The van der Waals surface area contributed by atoms with Crippen LogP contribution in [0.1, 0.15) is 25.7 Å². The molecular formula is C21H25FN4O5S. The van der Waals surface area contributed by atoms with Crippen LogP contribution >= 0.6 is 0 Å². The van der Waals surface area contributed by atoms with Crippen molar-refractivity contribution < 1.29 is 27.2 Å². The fourth-order valence-electron chi connectivity index (χ4n) is 4.89. The van der Waals surface area contributed by atoms with Crippen LogP contribution in [0.2, 0.25) is 0 Å². The maximum atomic E-state index is 13.1. The summed E-state index contributed by atoms with van der Waals surface area (Å²) >= 11 is 0. The number of carbonyl (C=O) groups excluding carboxylic acids is 3. The molecule has 4 amide bonds. The second-order valence-electron chi connectivity index (χ2n) is 8.98. The minimum Gasteiger partial charge on any atom is -0.338 e. The van der Waals surface area contributed by atoms with E-state index in [0.29, 0.717) is 0 Å². The van der Waals surface area contributed by atoms with Crippen molar-refractivity contribution in [2.75, 3.05) is 32.7 Å². The number of benzene rings is 1. The number of sulfonamides is 1. The quantitative estimate of drug-likeness (QED) is 0.626. The van der Waals surface area contributed by atoms with Crippen molar-refractivity contribution in [3.8, 4) is 0 Å². The first-order valence-electron chi connectivity index (χ1n) is 10.9. The summed E-state index contributed by atoms with van der Waals surface area (Å²) in [6.07, 6.45) is 3.65. The number of nitrogens with one attached hydrogen (secondary N) is 1. The normalized spacial score (nSPS) is 24.0. The first-order chi connectivity index (χ1) is 15.2. The molecular weight excluding hydrogens is 439 g/mol. The largest absolute Gasteiger partial charge is 0.338 e. The van der Waals surface area contributed by atoms with Crippen LogP contribution in [-0.2, 0) is 19.6 Å². The van der Waals surface area contributed by atoms with E-state index in [1.807, 2.05) is 0 Å². The molecule has 0 atom stereocenters. The van der Waals surface area contributed by atoms with Gasteiger partial charge in [0.1, 0.15) is 17.9 Å². The molecule has 1 N–H and O–H groups in total. The van der Waals surface area contributed by atoms with Crippen LogP contribution in [0.5, 0.6) is 0 Å². The van der Waals surface area contributed by atoms with Crippen molar-refractivity contribution in [3.63, 3.8) is 0 Å². The van der Waals surface area contributed by atoms with Gasteiger partial charge < -0.3 is 10.2 Å². The molecule has 172 valence electrons. The van der Waals surface area contributed by atoms with Gasteiger partial charge in [0.25, 0.3) is 5.91 Å². The molecule has 0 radical (unpaired) electrons. The van der Waals surface area contributed by atoms with E-state index in [1.165, 1.54) is 21.3 Å². The van der Waals surface area contributed by atoms with Crippen LogP contribution in [0, 0.1) is 17.7 Å². The summed E-state index contributed by atoms with van der Waals surface area (Å²) in [5, 5.41) is 2.90. The molecule has 2 saturated carbocycles. The first-order valence-corrected chi connectivity index (χ1v) is 12.3. The van der Waals surface area contributed by atoms with Gasteiger partial charge in [0, 0.05) is 26.2 Å². The van der Waals surface area contributed by atoms with Crippen molar-refractivity contribution in [1.29, 1.82) is 0 Å². The van der Waals surface area contributed by atoms with Gasteiger partial charge in [-0.15, -0.1) is 0 Å². The van der Waals surface area contributed by atoms with Crippen LogP contribution in [0.25, 0.3) is 0 Å². The molecule has 9 nitrogen and oxygen atoms in total. The third kappa shape index (κ3) is 3.47. The number of carbonyl (C=O) groups is 3. The Morgan fingerprint density at radius 3 is 2.09 bits per heavy atom. The number of hydrogen-bond acceptors (Lipinski definition) is 5. The molecule has 32 heavy (non-hydrogen) atoms. The number of hydrogen-bond donors (Lipinski definition) is 1. The summed E-state index contributed by atoms with van der Waals surface area (Å²) in [5.74, 6) is -0.876. The molecule has 0 unspecified atom stereocenters. The summed E-state index contributed by atoms with van der Waals surface area (Å²) in [5.41, 5.74) is -0.834. The summed E-state index contributed by atoms with van der Waals surface area (Å²) in [7, 11) is -3.79. The van der Waals surface area contributed by atoms with Crippen LogP contribution in [-0.4, -0.2) is 78.6 Å². The van der Waals surface area contributed by atoms with Gasteiger partial charge in [-0.05, 0) is 61.8 Å². The molecule has 2 aliphatic heterocycles. The monoisotopic (exact) mass is 464 g/mol. The van der Waals surface area contributed by atoms with Gasteiger partial charge in [0.15, 0.2) is 0 Å². The van der Waals surface area contributed by atoms with Crippen molar-refractivity contribution in [3.05, 3.63) is 30.1 Å². The summed E-state index contributed by atoms with van der Waals surface area (Å²) < 4.78 is 39.9. The second-order valence-corrected chi connectivity index (χ2v) is 10.9. The Bertz CT molecular complexity index is 1050. The number of nitrogens with zero attached hydrogens (tertiary/aromatic N) is 3. The van der Waals surface area contributed by atoms with E-state index < -0.39 is 27.4 Å². The van der Waals surface area contributed by atoms with E-state index >= 15 is 0 Å². The highest BCUT2D eigenvalue weighted by molar-refractivity contribution is 7.89. The topological polar surface area (TPSA) is 107 Å². The zero-order valence-corrected chi connectivity index (χ0v) is 18.3. The van der Waals surface area contributed by atoms with Crippen molar-refractivity contribution >= 4 is 27.9 Å². The summed E-state index contributed by atoms with van der Waals surface area (Å²) in [6.45, 7) is 0.133. The molecule has 0 bridgehead atoms. The maximum absolute atomic E-state index is 13.1. The Balaban J connectivity index is 1.21. The van der Waals surface area contributed by atoms with Gasteiger partial charge in [0.05, 0.1) is 4.90 Å². The molecule has 5 rings (SSSR count). The Hall–Kier alpha value is -2.53. The number of amides is 4. The zero-order chi connectivity index (χ0) is 22.7. The van der Waals surface area contributed by atoms with Gasteiger partial charge in [0.2, 0.25) is 15.9 Å². The lowest BCUT2D eigenvalue weighted by Crippen LogP contribution is -2.54. The number of urea groups is 1. The molecule has 11 heteroatoms. The molecule has 1 aromatic carbocycles. The standard InChI is InChI=1S/C21H25FN4O5S/c22-16-5-7-17(8-6-16)32(30,31)25-11-9-24(10-12-25)18(27)13-26-19(28)21(14-1-2-14,15-3-4-15)23-20(26)29/h5-8,14-15H,1-4,9-13H2,(H,23,29). The molecule has 2 saturated heterocycles. The fourth-order valence-corrected chi connectivity index (χ4v) is 6.31. The predicted molar refractivity (Wildman–Crippen MR) is 110 cm³/mol. The Labute approximate surface area is 185 Å². The smallest absolute Gasteiger partial charge is 0.325 e. The lowest BCUT2D eigenvalue weighted by atomic mass is 9.87. The third-order valence-electron chi connectivity index (χ3n) is 6.94. The molecule has 0 aromatic heterocycles. The highest BCUT2D eigenvalue weighted by atomic mass is 32.2. The fraction of sp³-hybridized carbons (Fsp3) is 0.571. The lowest BCUT2D eigenvalue weighted by Gasteiger charge is -2.34. The summed E-state index contributed by atoms with van der Waals surface area (Å²) in [6, 6.07) is 4.10. The van der Waals surface area contributed by atoms with E-state index in [2.05, 4.69) is 5.32 Å². The van der Waals surface area contributed by atoms with Crippen LogP contribution in [0.4, 0.5) is 9.18 Å². The van der Waals surface area contributed by atoms with E-state index in [-0.39, 0.29) is 61.3 Å². The van der Waals surface area contributed by atoms with E-state index in [9.17, 15) is 27.2 Å². The maximum Gasteiger partial charge on any atom is 0.325 e. The number of imide groups is 1. The lowest BCUT2D eigenvalue weighted by molar-refractivity contribution is -0.140. The van der Waals surface area contributed by atoms with Gasteiger partial charge >= 0.3 is 6.03 Å². The first kappa shape index (κ1) is 21.3. The van der Waals surface area contributed by atoms with Crippen molar-refractivity contribution in [1.82, 2.24) is 19.4 Å². The van der Waals surface area contributed by atoms with Gasteiger partial charge in [-0.25, -0.2) is 17.6 Å². The molecule has 4 fully saturated rings. The Morgan fingerprint density at radius 1 is 1.00 bits per heavy atom. The summed E-state index contributed by atoms with van der Waals surface area (Å²) in [4.78, 5) is 41.0. The van der Waals surface area contributed by atoms with E-state index in [1.54, 1.807) is 0 Å². The van der Waals surface area contributed by atoms with Crippen LogP contribution in [0.3, 0.4) is 0 Å². The second kappa shape index (κ2) is 7.51. The average molecular weight is 465 g/mol. The minimum atomic E-state index is -3.79. The Morgan fingerprint density at radius 2 is 1.56 bits per heavy atom. The van der Waals surface area contributed by atoms with Gasteiger partial charge in [-0.2, -0.15) is 4.31 Å². The van der Waals surface area contributed by atoms with E-state index in [0.717, 1.165) is 42.7 Å². The van der Waals surface area contributed by atoms with Crippen LogP contribution in [0.15, 0.2) is 29.2 Å². The molecule has 1 aromatic rings. The third-order valence-corrected chi connectivity index (χ3v) is 8.85. The van der Waals surface area contributed by atoms with Crippen molar-refractivity contribution in [2.45, 2.75) is 36.1 Å². The minimum absolute atomic E-state index is 0.00509. The SMILES string of the molecule is O=C(CN1C(=O)NC(C2CC2)(C2CC2)C1=O)N1CCN(S(=O)(=O)c2ccc(F)cc2)CC1. The molecule has 4 aliphatic rings. The van der Waals surface area contributed by atoms with Gasteiger partial charge in [-0.3, -0.25) is 14.5 Å².